The van der Waals surface area contributed by atoms with Gasteiger partial charge in [-0.05, 0) is 24.1 Å². The summed E-state index contributed by atoms with van der Waals surface area (Å²) in [5.41, 5.74) is 1.38. The van der Waals surface area contributed by atoms with Gasteiger partial charge in [-0.3, -0.25) is 28.9 Å². The number of carbonyl (C=O) groups is 6. The van der Waals surface area contributed by atoms with Crippen LogP contribution in [0.15, 0.2) is 24.3 Å². The molecule has 11 heteroatoms. The van der Waals surface area contributed by atoms with Gasteiger partial charge >= 0.3 is 5.97 Å². The summed E-state index contributed by atoms with van der Waals surface area (Å²) in [5, 5.41) is 2.99. The van der Waals surface area contributed by atoms with E-state index in [1.807, 2.05) is 0 Å². The van der Waals surface area contributed by atoms with Crippen molar-refractivity contribution < 1.29 is 38.3 Å². The second-order valence-corrected chi connectivity index (χ2v) is 6.97. The van der Waals surface area contributed by atoms with Crippen LogP contribution in [0.5, 0.6) is 0 Å². The van der Waals surface area contributed by atoms with Crippen LogP contribution in [0.3, 0.4) is 0 Å². The molecule has 2 fully saturated rings. The number of carbonyl (C=O) groups excluding carboxylic acids is 6. The molecule has 0 bridgehead atoms. The van der Waals surface area contributed by atoms with Gasteiger partial charge in [-0.1, -0.05) is 12.1 Å². The summed E-state index contributed by atoms with van der Waals surface area (Å²) in [6.07, 6.45) is 1.11. The van der Waals surface area contributed by atoms with Crippen molar-refractivity contribution in [2.75, 3.05) is 25.1 Å². The van der Waals surface area contributed by atoms with E-state index in [0.29, 0.717) is 30.1 Å². The second-order valence-electron chi connectivity index (χ2n) is 6.97. The van der Waals surface area contributed by atoms with Crippen molar-refractivity contribution in [1.29, 1.82) is 0 Å². The first-order valence-corrected chi connectivity index (χ1v) is 9.70. The van der Waals surface area contributed by atoms with Crippen LogP contribution in [0.4, 0.5) is 5.69 Å². The van der Waals surface area contributed by atoms with Crippen LogP contribution >= 0.6 is 0 Å². The highest BCUT2D eigenvalue weighted by Gasteiger charge is 2.33. The Morgan fingerprint density at radius 3 is 2.16 bits per heavy atom. The van der Waals surface area contributed by atoms with E-state index >= 15 is 0 Å². The van der Waals surface area contributed by atoms with Crippen molar-refractivity contribution in [3.63, 3.8) is 0 Å². The predicted molar refractivity (Wildman–Crippen MR) is 103 cm³/mol. The number of imide groups is 2. The number of likely N-dealkylation sites (tertiary alicyclic amines) is 1. The smallest absolute Gasteiger partial charge is 0.358 e. The molecular weight excluding hydrogens is 410 g/mol. The van der Waals surface area contributed by atoms with Gasteiger partial charge in [-0.15, -0.1) is 5.06 Å². The van der Waals surface area contributed by atoms with E-state index in [1.165, 1.54) is 4.90 Å². The van der Waals surface area contributed by atoms with Crippen LogP contribution in [-0.2, 0) is 44.8 Å². The van der Waals surface area contributed by atoms with Gasteiger partial charge in [0.05, 0.1) is 0 Å². The minimum absolute atomic E-state index is 0.0113. The Morgan fingerprint density at radius 1 is 0.903 bits per heavy atom. The largest absolute Gasteiger partial charge is 0.360 e. The molecule has 0 spiro atoms. The summed E-state index contributed by atoms with van der Waals surface area (Å²) in [6, 6.07) is 6.82. The topological polar surface area (TPSA) is 139 Å². The number of ether oxygens (including phenoxy) is 1. The highest BCUT2D eigenvalue weighted by atomic mass is 16.7. The maximum atomic E-state index is 11.9. The number of nitrogens with one attached hydrogen (secondary N) is 1. The molecule has 0 radical (unpaired) electrons. The van der Waals surface area contributed by atoms with E-state index in [4.69, 9.17) is 4.74 Å². The summed E-state index contributed by atoms with van der Waals surface area (Å²) in [6.45, 7) is -0.551. The quantitative estimate of drug-likeness (QED) is 0.424. The molecule has 0 saturated carbocycles. The molecule has 5 amide bonds. The van der Waals surface area contributed by atoms with E-state index in [0.717, 1.165) is 5.56 Å². The number of anilines is 1. The molecule has 164 valence electrons. The van der Waals surface area contributed by atoms with Gasteiger partial charge in [0.2, 0.25) is 17.7 Å². The highest BCUT2D eigenvalue weighted by molar-refractivity contribution is 6.01. The van der Waals surface area contributed by atoms with Crippen LogP contribution in [-0.4, -0.2) is 65.2 Å². The van der Waals surface area contributed by atoms with Gasteiger partial charge in [0.15, 0.2) is 0 Å². The molecular formula is C20H21N3O8. The Hall–Kier alpha value is -3.60. The third kappa shape index (κ3) is 5.95. The lowest BCUT2D eigenvalue weighted by molar-refractivity contribution is -0.200. The monoisotopic (exact) mass is 431 g/mol. The van der Waals surface area contributed by atoms with Crippen LogP contribution in [0.2, 0.25) is 0 Å². The van der Waals surface area contributed by atoms with Gasteiger partial charge in [0, 0.05) is 37.9 Å². The van der Waals surface area contributed by atoms with Crippen molar-refractivity contribution in [3.8, 4) is 0 Å². The second kappa shape index (κ2) is 9.94. The van der Waals surface area contributed by atoms with E-state index in [1.54, 1.807) is 24.3 Å². The van der Waals surface area contributed by atoms with Crippen molar-refractivity contribution in [3.05, 3.63) is 29.8 Å². The fraction of sp³-hybridized carbons (Fsp3) is 0.400. The average molecular weight is 431 g/mol. The molecule has 0 aromatic heterocycles. The SMILES string of the molecule is O=C(COCC(=O)ON1C(=O)CCC1=O)Nc1ccc(CCC(=O)N2CCC2=O)cc1. The Morgan fingerprint density at radius 2 is 1.58 bits per heavy atom. The van der Waals surface area contributed by atoms with Crippen molar-refractivity contribution in [2.45, 2.75) is 32.1 Å². The third-order valence-corrected chi connectivity index (χ3v) is 4.67. The molecule has 31 heavy (non-hydrogen) atoms. The minimum atomic E-state index is -0.963. The van der Waals surface area contributed by atoms with Crippen molar-refractivity contribution >= 4 is 41.2 Å². The summed E-state index contributed by atoms with van der Waals surface area (Å²) in [4.78, 5) is 75.2. The van der Waals surface area contributed by atoms with Crippen molar-refractivity contribution in [1.82, 2.24) is 9.96 Å². The van der Waals surface area contributed by atoms with Gasteiger partial charge in [-0.25, -0.2) is 4.79 Å². The summed E-state index contributed by atoms with van der Waals surface area (Å²) in [7, 11) is 0. The first-order valence-electron chi connectivity index (χ1n) is 9.70. The van der Waals surface area contributed by atoms with Crippen LogP contribution in [0.25, 0.3) is 0 Å². The summed E-state index contributed by atoms with van der Waals surface area (Å²) in [5.74, 6) is -3.01. The number of nitrogens with zero attached hydrogens (tertiary/aromatic N) is 2. The normalized spacial score (nSPS) is 15.7. The number of hydrogen-bond donors (Lipinski definition) is 1. The Balaban J connectivity index is 1.34. The zero-order chi connectivity index (χ0) is 22.4. The van der Waals surface area contributed by atoms with Gasteiger partial charge < -0.3 is 14.9 Å². The first kappa shape index (κ1) is 22.1. The van der Waals surface area contributed by atoms with Crippen LogP contribution < -0.4 is 5.32 Å². The molecule has 1 aromatic rings. The Kier molecular flexibility index (Phi) is 7.08. The number of aryl methyl sites for hydroxylation is 1. The molecule has 0 atom stereocenters. The third-order valence-electron chi connectivity index (χ3n) is 4.67. The van der Waals surface area contributed by atoms with Gasteiger partial charge in [0.25, 0.3) is 11.8 Å². The molecule has 1 N–H and O–H groups in total. The zero-order valence-electron chi connectivity index (χ0n) is 16.6. The lowest BCUT2D eigenvalue weighted by atomic mass is 10.1. The van der Waals surface area contributed by atoms with Crippen molar-refractivity contribution in [2.24, 2.45) is 0 Å². The molecule has 11 nitrogen and oxygen atoms in total. The summed E-state index contributed by atoms with van der Waals surface area (Å²) < 4.78 is 4.94. The fourth-order valence-corrected chi connectivity index (χ4v) is 2.93. The lowest BCUT2D eigenvalue weighted by Gasteiger charge is -2.28. The number of rotatable bonds is 9. The number of hydroxylamine groups is 2. The first-order chi connectivity index (χ1) is 14.8. The molecule has 0 unspecified atom stereocenters. The molecule has 2 aliphatic rings. The highest BCUT2D eigenvalue weighted by Crippen LogP contribution is 2.15. The molecule has 3 rings (SSSR count). The van der Waals surface area contributed by atoms with E-state index < -0.39 is 36.9 Å². The van der Waals surface area contributed by atoms with E-state index in [2.05, 4.69) is 10.2 Å². The van der Waals surface area contributed by atoms with Crippen LogP contribution in [0.1, 0.15) is 31.2 Å². The Labute approximate surface area is 177 Å². The maximum Gasteiger partial charge on any atom is 0.358 e. The molecule has 1 aromatic carbocycles. The molecule has 2 aliphatic heterocycles. The average Bonchev–Trinajstić information content (AvgIpc) is 3.04. The van der Waals surface area contributed by atoms with Crippen LogP contribution in [0, 0.1) is 0 Å². The zero-order valence-corrected chi connectivity index (χ0v) is 16.6. The van der Waals surface area contributed by atoms with E-state index in [-0.39, 0.29) is 31.1 Å². The molecule has 0 aliphatic carbocycles. The number of amides is 5. The standard InChI is InChI=1S/C20H21N3O8/c24-15(11-30-12-20(29)31-23-18(27)7-8-19(23)28)21-14-4-1-13(2-5-14)3-6-16(25)22-10-9-17(22)26/h1-2,4-5H,3,6-12H2,(H,21,24). The van der Waals surface area contributed by atoms with E-state index in [9.17, 15) is 28.8 Å². The molecule has 2 saturated heterocycles. The minimum Gasteiger partial charge on any atom is -0.360 e. The van der Waals surface area contributed by atoms with Gasteiger partial charge in [-0.2, -0.15) is 0 Å². The van der Waals surface area contributed by atoms with Gasteiger partial charge in [0.1, 0.15) is 13.2 Å². The predicted octanol–water partition coefficient (Wildman–Crippen LogP) is -0.0596. The molecule has 2 heterocycles. The lowest BCUT2D eigenvalue weighted by Crippen LogP contribution is -2.47. The summed E-state index contributed by atoms with van der Waals surface area (Å²) >= 11 is 0. The maximum absolute atomic E-state index is 11.9. The number of β-lactam (4-membered cyclic amide) rings is 1. The Bertz CT molecular complexity index is 896. The number of benzene rings is 1. The fourth-order valence-electron chi connectivity index (χ4n) is 2.93. The number of hydrogen-bond acceptors (Lipinski definition) is 8.